The summed E-state index contributed by atoms with van der Waals surface area (Å²) in [6, 6.07) is 3.94. The number of nitrogens with one attached hydrogen (secondary N) is 1. The summed E-state index contributed by atoms with van der Waals surface area (Å²) < 4.78 is 5.28. The van der Waals surface area contributed by atoms with E-state index in [1.54, 1.807) is 7.11 Å². The molecule has 1 aliphatic rings. The predicted molar refractivity (Wildman–Crippen MR) is 83.5 cm³/mol. The van der Waals surface area contributed by atoms with E-state index in [0.29, 0.717) is 0 Å². The first-order valence-corrected chi connectivity index (χ1v) is 7.99. The minimum Gasteiger partial charge on any atom is -0.497 e. The molecule has 1 N–H and O–H groups in total. The maximum absolute atomic E-state index is 6.22. The predicted octanol–water partition coefficient (Wildman–Crippen LogP) is 3.68. The molecule has 20 heavy (non-hydrogen) atoms. The molecule has 0 aliphatic heterocycles. The fourth-order valence-electron chi connectivity index (χ4n) is 3.03. The molecule has 1 aliphatic carbocycles. The largest absolute Gasteiger partial charge is 0.497 e. The van der Waals surface area contributed by atoms with Gasteiger partial charge in [0, 0.05) is 36.8 Å². The highest BCUT2D eigenvalue weighted by atomic mass is 35.5. The molecule has 2 rings (SSSR count). The number of alkyl halides is 1. The summed E-state index contributed by atoms with van der Waals surface area (Å²) >= 11 is 6.22. The van der Waals surface area contributed by atoms with Crippen LogP contribution in [0.2, 0.25) is 0 Å². The van der Waals surface area contributed by atoms with E-state index < -0.39 is 0 Å². The quantitative estimate of drug-likeness (QED) is 0.813. The number of halogens is 1. The molecule has 4 heteroatoms. The standard InChI is InChI=1S/C16H25ClN2O/c1-13-8-15(20-2)9-14(19-13)10-18-12-16(11-17)6-4-3-5-7-16/h8-9,18H,3-7,10-12H2,1-2H3. The van der Waals surface area contributed by atoms with E-state index in [0.717, 1.165) is 36.1 Å². The van der Waals surface area contributed by atoms with Crippen LogP contribution in [0.25, 0.3) is 0 Å². The molecule has 0 amide bonds. The van der Waals surface area contributed by atoms with Crippen LogP contribution in [0.3, 0.4) is 0 Å². The van der Waals surface area contributed by atoms with Crippen LogP contribution in [0, 0.1) is 12.3 Å². The van der Waals surface area contributed by atoms with E-state index in [-0.39, 0.29) is 5.41 Å². The summed E-state index contributed by atoms with van der Waals surface area (Å²) in [6.45, 7) is 3.75. The zero-order valence-electron chi connectivity index (χ0n) is 12.5. The van der Waals surface area contributed by atoms with Gasteiger partial charge in [-0.15, -0.1) is 11.6 Å². The Balaban J connectivity index is 1.90. The van der Waals surface area contributed by atoms with Gasteiger partial charge >= 0.3 is 0 Å². The van der Waals surface area contributed by atoms with E-state index in [2.05, 4.69) is 10.3 Å². The molecule has 0 saturated heterocycles. The van der Waals surface area contributed by atoms with Gasteiger partial charge in [0.25, 0.3) is 0 Å². The van der Waals surface area contributed by atoms with Gasteiger partial charge in [0.2, 0.25) is 0 Å². The van der Waals surface area contributed by atoms with E-state index >= 15 is 0 Å². The monoisotopic (exact) mass is 296 g/mol. The SMILES string of the molecule is COc1cc(C)nc(CNCC2(CCl)CCCCC2)c1. The van der Waals surface area contributed by atoms with Gasteiger partial charge in [0.15, 0.2) is 0 Å². The van der Waals surface area contributed by atoms with Crippen LogP contribution in [-0.4, -0.2) is 24.5 Å². The van der Waals surface area contributed by atoms with Crippen LogP contribution in [0.5, 0.6) is 5.75 Å². The van der Waals surface area contributed by atoms with E-state index in [9.17, 15) is 0 Å². The Morgan fingerprint density at radius 2 is 2.05 bits per heavy atom. The smallest absolute Gasteiger partial charge is 0.122 e. The molecular formula is C16H25ClN2O. The van der Waals surface area contributed by atoms with Gasteiger partial charge in [-0.2, -0.15) is 0 Å². The third-order valence-corrected chi connectivity index (χ3v) is 4.79. The molecular weight excluding hydrogens is 272 g/mol. The van der Waals surface area contributed by atoms with E-state index in [4.69, 9.17) is 16.3 Å². The van der Waals surface area contributed by atoms with Gasteiger partial charge in [-0.25, -0.2) is 0 Å². The zero-order valence-corrected chi connectivity index (χ0v) is 13.3. The molecule has 0 radical (unpaired) electrons. The van der Waals surface area contributed by atoms with Crippen LogP contribution in [0.15, 0.2) is 12.1 Å². The fourth-order valence-corrected chi connectivity index (χ4v) is 3.39. The van der Waals surface area contributed by atoms with Crippen LogP contribution in [-0.2, 0) is 6.54 Å². The number of pyridine rings is 1. The minimum absolute atomic E-state index is 0.285. The number of hydrogen-bond donors (Lipinski definition) is 1. The van der Waals surface area contributed by atoms with E-state index in [1.807, 2.05) is 19.1 Å². The van der Waals surface area contributed by atoms with Crippen LogP contribution in [0.4, 0.5) is 0 Å². The van der Waals surface area contributed by atoms with Gasteiger partial charge in [0.05, 0.1) is 12.8 Å². The maximum Gasteiger partial charge on any atom is 0.122 e. The van der Waals surface area contributed by atoms with Crippen molar-refractivity contribution < 1.29 is 4.74 Å². The summed E-state index contributed by atoms with van der Waals surface area (Å²) in [5.74, 6) is 1.63. The topological polar surface area (TPSA) is 34.1 Å². The molecule has 0 spiro atoms. The lowest BCUT2D eigenvalue weighted by atomic mass is 9.75. The number of nitrogens with zero attached hydrogens (tertiary/aromatic N) is 1. The average Bonchev–Trinajstić information content (AvgIpc) is 2.47. The second-order valence-corrected chi connectivity index (χ2v) is 6.20. The van der Waals surface area contributed by atoms with Crippen molar-refractivity contribution in [1.29, 1.82) is 0 Å². The van der Waals surface area contributed by atoms with Crippen LogP contribution < -0.4 is 10.1 Å². The summed E-state index contributed by atoms with van der Waals surface area (Å²) in [4.78, 5) is 4.54. The minimum atomic E-state index is 0.285. The number of hydrogen-bond acceptors (Lipinski definition) is 3. The Morgan fingerprint density at radius 3 is 2.70 bits per heavy atom. The highest BCUT2D eigenvalue weighted by Gasteiger charge is 2.30. The van der Waals surface area contributed by atoms with Gasteiger partial charge < -0.3 is 10.1 Å². The number of rotatable bonds is 6. The molecule has 1 aromatic rings. The summed E-state index contributed by atoms with van der Waals surface area (Å²) in [5.41, 5.74) is 2.31. The van der Waals surface area contributed by atoms with Crippen molar-refractivity contribution in [1.82, 2.24) is 10.3 Å². The molecule has 112 valence electrons. The Hall–Kier alpha value is -0.800. The molecule has 0 atom stereocenters. The summed E-state index contributed by atoms with van der Waals surface area (Å²) in [5, 5.41) is 3.54. The molecule has 0 unspecified atom stereocenters. The third kappa shape index (κ3) is 4.10. The molecule has 1 heterocycles. The summed E-state index contributed by atoms with van der Waals surface area (Å²) in [7, 11) is 1.69. The Morgan fingerprint density at radius 1 is 1.30 bits per heavy atom. The second-order valence-electron chi connectivity index (χ2n) is 5.94. The average molecular weight is 297 g/mol. The molecule has 1 aromatic heterocycles. The normalized spacial score (nSPS) is 17.9. The van der Waals surface area contributed by atoms with Gasteiger partial charge in [0.1, 0.15) is 5.75 Å². The van der Waals surface area contributed by atoms with Gasteiger partial charge in [-0.3, -0.25) is 4.98 Å². The number of ether oxygens (including phenoxy) is 1. The van der Waals surface area contributed by atoms with Crippen molar-refractivity contribution in [2.24, 2.45) is 5.41 Å². The molecule has 3 nitrogen and oxygen atoms in total. The Labute approximate surface area is 127 Å². The third-order valence-electron chi connectivity index (χ3n) is 4.22. The second kappa shape index (κ2) is 7.28. The number of methoxy groups -OCH3 is 1. The van der Waals surface area contributed by atoms with E-state index in [1.165, 1.54) is 32.1 Å². The van der Waals surface area contributed by atoms with Crippen molar-refractivity contribution in [2.45, 2.75) is 45.6 Å². The maximum atomic E-state index is 6.22. The first-order chi connectivity index (χ1) is 9.67. The number of aryl methyl sites for hydroxylation is 1. The lowest BCUT2D eigenvalue weighted by Gasteiger charge is -2.35. The van der Waals surface area contributed by atoms with Crippen molar-refractivity contribution in [3.63, 3.8) is 0 Å². The van der Waals surface area contributed by atoms with Gasteiger partial charge in [-0.1, -0.05) is 19.3 Å². The summed E-state index contributed by atoms with van der Waals surface area (Å²) in [6.07, 6.45) is 6.47. The van der Waals surface area contributed by atoms with Crippen LogP contribution >= 0.6 is 11.6 Å². The zero-order chi connectivity index (χ0) is 14.4. The first-order valence-electron chi connectivity index (χ1n) is 7.46. The highest BCUT2D eigenvalue weighted by molar-refractivity contribution is 6.18. The van der Waals surface area contributed by atoms with Crippen molar-refractivity contribution >= 4 is 11.6 Å². The van der Waals surface area contributed by atoms with Crippen LogP contribution in [0.1, 0.15) is 43.5 Å². The highest BCUT2D eigenvalue weighted by Crippen LogP contribution is 2.36. The van der Waals surface area contributed by atoms with Crippen molar-refractivity contribution in [3.05, 3.63) is 23.5 Å². The van der Waals surface area contributed by atoms with Crippen molar-refractivity contribution in [3.8, 4) is 5.75 Å². The lowest BCUT2D eigenvalue weighted by Crippen LogP contribution is -2.37. The lowest BCUT2D eigenvalue weighted by molar-refractivity contribution is 0.212. The molecule has 1 saturated carbocycles. The Bertz CT molecular complexity index is 430. The molecule has 1 fully saturated rings. The van der Waals surface area contributed by atoms with Crippen molar-refractivity contribution in [2.75, 3.05) is 19.5 Å². The number of aromatic nitrogens is 1. The molecule has 0 bridgehead atoms. The fraction of sp³-hybridized carbons (Fsp3) is 0.688. The van der Waals surface area contributed by atoms with Gasteiger partial charge in [-0.05, 0) is 25.2 Å². The Kier molecular flexibility index (Phi) is 5.67. The molecule has 0 aromatic carbocycles. The first kappa shape index (κ1) is 15.6.